The van der Waals surface area contributed by atoms with Gasteiger partial charge in [-0.05, 0) is 32.1 Å². The molecular formula is C14H17N3O. The van der Waals surface area contributed by atoms with E-state index < -0.39 is 0 Å². The highest BCUT2D eigenvalue weighted by molar-refractivity contribution is 5.87. The lowest BCUT2D eigenvalue weighted by Crippen LogP contribution is -2.29. The van der Waals surface area contributed by atoms with E-state index in [4.69, 9.17) is 0 Å². The number of pyridine rings is 1. The first-order valence-electron chi connectivity index (χ1n) is 6.08. The summed E-state index contributed by atoms with van der Waals surface area (Å²) in [5, 5.41) is 0. The molecule has 0 aliphatic carbocycles. The van der Waals surface area contributed by atoms with Crippen molar-refractivity contribution in [2.45, 2.75) is 20.4 Å². The fraction of sp³-hybridized carbons (Fsp3) is 0.286. The molecule has 2 aromatic rings. The molecule has 2 aromatic heterocycles. The summed E-state index contributed by atoms with van der Waals surface area (Å²) >= 11 is 0. The predicted molar refractivity (Wildman–Crippen MR) is 71.1 cm³/mol. The van der Waals surface area contributed by atoms with E-state index in [9.17, 15) is 4.79 Å². The number of allylic oxidation sites excluding steroid dienone is 1. The number of nitrogens with zero attached hydrogens (tertiary/aromatic N) is 3. The van der Waals surface area contributed by atoms with Crippen LogP contribution < -0.4 is 0 Å². The zero-order valence-corrected chi connectivity index (χ0v) is 10.7. The van der Waals surface area contributed by atoms with E-state index in [0.717, 1.165) is 11.3 Å². The van der Waals surface area contributed by atoms with Crippen LogP contribution in [0.25, 0.3) is 5.65 Å². The molecule has 0 aromatic carbocycles. The van der Waals surface area contributed by atoms with E-state index >= 15 is 0 Å². The highest BCUT2D eigenvalue weighted by Gasteiger charge is 2.11. The number of carbonyl (C=O) groups is 1. The van der Waals surface area contributed by atoms with Gasteiger partial charge in [-0.15, -0.1) is 0 Å². The molecule has 4 heteroatoms. The van der Waals surface area contributed by atoms with E-state index in [0.29, 0.717) is 13.1 Å². The van der Waals surface area contributed by atoms with Crippen molar-refractivity contribution in [2.75, 3.05) is 6.54 Å². The summed E-state index contributed by atoms with van der Waals surface area (Å²) in [5.74, 6) is 0.0332. The molecule has 18 heavy (non-hydrogen) atoms. The molecule has 0 atom stereocenters. The van der Waals surface area contributed by atoms with Crippen LogP contribution in [0.2, 0.25) is 0 Å². The van der Waals surface area contributed by atoms with Crippen LogP contribution in [-0.4, -0.2) is 26.7 Å². The van der Waals surface area contributed by atoms with Gasteiger partial charge in [0.15, 0.2) is 0 Å². The summed E-state index contributed by atoms with van der Waals surface area (Å²) in [6.45, 7) is 5.08. The molecule has 2 rings (SSSR count). The van der Waals surface area contributed by atoms with Gasteiger partial charge in [0.2, 0.25) is 5.91 Å². The Kier molecular flexibility index (Phi) is 3.77. The Balaban J connectivity index is 2.24. The van der Waals surface area contributed by atoms with Gasteiger partial charge in [-0.25, -0.2) is 4.98 Å². The summed E-state index contributed by atoms with van der Waals surface area (Å²) in [6, 6.07) is 5.87. The Morgan fingerprint density at radius 3 is 3.06 bits per heavy atom. The zero-order chi connectivity index (χ0) is 13.0. The molecule has 0 bridgehead atoms. The van der Waals surface area contributed by atoms with Crippen molar-refractivity contribution in [3.8, 4) is 0 Å². The number of hydrogen-bond donors (Lipinski definition) is 0. The average molecular weight is 243 g/mol. The molecule has 0 fully saturated rings. The molecular weight excluding hydrogens is 226 g/mol. The Morgan fingerprint density at radius 1 is 1.50 bits per heavy atom. The van der Waals surface area contributed by atoms with Crippen molar-refractivity contribution < 1.29 is 4.79 Å². The maximum absolute atomic E-state index is 11.8. The molecule has 1 amide bonds. The second kappa shape index (κ2) is 5.49. The Bertz CT molecular complexity index is 571. The summed E-state index contributed by atoms with van der Waals surface area (Å²) in [6.07, 6.45) is 7.14. The number of likely N-dealkylation sites (N-methyl/N-ethyl adjacent to an activating group) is 1. The molecule has 0 aliphatic heterocycles. The van der Waals surface area contributed by atoms with Crippen molar-refractivity contribution in [1.29, 1.82) is 0 Å². The molecule has 0 saturated heterocycles. The smallest absolute Gasteiger partial charge is 0.246 e. The van der Waals surface area contributed by atoms with Crippen LogP contribution in [0.5, 0.6) is 0 Å². The van der Waals surface area contributed by atoms with Gasteiger partial charge in [-0.1, -0.05) is 12.1 Å². The van der Waals surface area contributed by atoms with Crippen LogP contribution in [0.15, 0.2) is 42.7 Å². The first kappa shape index (κ1) is 12.4. The van der Waals surface area contributed by atoms with Crippen LogP contribution in [0.3, 0.4) is 0 Å². The van der Waals surface area contributed by atoms with Gasteiger partial charge >= 0.3 is 0 Å². The number of rotatable bonds is 4. The first-order valence-corrected chi connectivity index (χ1v) is 6.08. The number of amides is 1. The van der Waals surface area contributed by atoms with Crippen molar-refractivity contribution in [2.24, 2.45) is 0 Å². The van der Waals surface area contributed by atoms with Gasteiger partial charge in [0.05, 0.1) is 18.4 Å². The minimum atomic E-state index is 0.0332. The third-order valence-electron chi connectivity index (χ3n) is 2.85. The lowest BCUT2D eigenvalue weighted by Gasteiger charge is -2.18. The quantitative estimate of drug-likeness (QED) is 0.772. The Morgan fingerprint density at radius 2 is 2.33 bits per heavy atom. The maximum Gasteiger partial charge on any atom is 0.246 e. The maximum atomic E-state index is 11.8. The van der Waals surface area contributed by atoms with E-state index in [2.05, 4.69) is 4.98 Å². The van der Waals surface area contributed by atoms with Crippen molar-refractivity contribution in [3.63, 3.8) is 0 Å². The second-order valence-electron chi connectivity index (χ2n) is 4.03. The second-order valence-corrected chi connectivity index (χ2v) is 4.03. The lowest BCUT2D eigenvalue weighted by molar-refractivity contribution is -0.126. The number of carbonyl (C=O) groups excluding carboxylic acids is 1. The molecule has 2 heterocycles. The largest absolute Gasteiger partial charge is 0.334 e. The minimum absolute atomic E-state index is 0.0332. The number of imidazole rings is 1. The molecule has 4 nitrogen and oxygen atoms in total. The third kappa shape index (κ3) is 2.42. The van der Waals surface area contributed by atoms with Gasteiger partial charge in [-0.2, -0.15) is 0 Å². The average Bonchev–Trinajstić information content (AvgIpc) is 2.79. The topological polar surface area (TPSA) is 37.6 Å². The molecule has 0 radical (unpaired) electrons. The van der Waals surface area contributed by atoms with Crippen molar-refractivity contribution in [1.82, 2.24) is 14.3 Å². The van der Waals surface area contributed by atoms with Gasteiger partial charge in [0, 0.05) is 12.7 Å². The minimum Gasteiger partial charge on any atom is -0.334 e. The van der Waals surface area contributed by atoms with E-state index in [-0.39, 0.29) is 5.91 Å². The first-order chi connectivity index (χ1) is 8.76. The SMILES string of the molecule is C/C=C/C(=O)N(CC)Cc1cnc2ccccn12. The van der Waals surface area contributed by atoms with Gasteiger partial charge < -0.3 is 9.30 Å². The van der Waals surface area contributed by atoms with Crippen LogP contribution in [-0.2, 0) is 11.3 Å². The fourth-order valence-electron chi connectivity index (χ4n) is 1.89. The summed E-state index contributed by atoms with van der Waals surface area (Å²) in [5.41, 5.74) is 1.92. The summed E-state index contributed by atoms with van der Waals surface area (Å²) in [4.78, 5) is 18.0. The molecule has 0 spiro atoms. The van der Waals surface area contributed by atoms with Crippen LogP contribution in [0, 0.1) is 0 Å². The van der Waals surface area contributed by atoms with E-state index in [1.807, 2.05) is 48.8 Å². The number of hydrogen-bond acceptors (Lipinski definition) is 2. The van der Waals surface area contributed by atoms with Crippen LogP contribution in [0.1, 0.15) is 19.5 Å². The van der Waals surface area contributed by atoms with Gasteiger partial charge in [0.25, 0.3) is 0 Å². The third-order valence-corrected chi connectivity index (χ3v) is 2.85. The Labute approximate surface area is 107 Å². The number of fused-ring (bicyclic) bond motifs is 1. The van der Waals surface area contributed by atoms with Gasteiger partial charge in [0.1, 0.15) is 5.65 Å². The molecule has 0 aliphatic rings. The molecule has 0 unspecified atom stereocenters. The molecule has 0 N–H and O–H groups in total. The van der Waals surface area contributed by atoms with Crippen molar-refractivity contribution in [3.05, 3.63) is 48.4 Å². The zero-order valence-electron chi connectivity index (χ0n) is 10.7. The fourth-order valence-corrected chi connectivity index (χ4v) is 1.89. The summed E-state index contributed by atoms with van der Waals surface area (Å²) < 4.78 is 2.01. The van der Waals surface area contributed by atoms with Crippen molar-refractivity contribution >= 4 is 11.6 Å². The number of aromatic nitrogens is 2. The van der Waals surface area contributed by atoms with E-state index in [1.165, 1.54) is 0 Å². The van der Waals surface area contributed by atoms with E-state index in [1.54, 1.807) is 17.1 Å². The Hall–Kier alpha value is -2.10. The monoisotopic (exact) mass is 243 g/mol. The standard InChI is InChI=1S/C14H17N3O/c1-3-7-14(18)16(4-2)11-12-10-15-13-8-5-6-9-17(12)13/h3,5-10H,4,11H2,1-2H3/b7-3+. The normalized spacial score (nSPS) is 11.2. The van der Waals surface area contributed by atoms with Crippen LogP contribution in [0.4, 0.5) is 0 Å². The summed E-state index contributed by atoms with van der Waals surface area (Å²) in [7, 11) is 0. The molecule has 94 valence electrons. The van der Waals surface area contributed by atoms with Crippen LogP contribution >= 0.6 is 0 Å². The molecule has 0 saturated carbocycles. The highest BCUT2D eigenvalue weighted by atomic mass is 16.2. The van der Waals surface area contributed by atoms with Gasteiger partial charge in [-0.3, -0.25) is 4.79 Å². The lowest BCUT2D eigenvalue weighted by atomic mass is 10.3. The predicted octanol–water partition coefficient (Wildman–Crippen LogP) is 2.26. The highest BCUT2D eigenvalue weighted by Crippen LogP contribution is 2.09.